The summed E-state index contributed by atoms with van der Waals surface area (Å²) < 4.78 is 1.44. The maximum Gasteiger partial charge on any atom is 0.287 e. The summed E-state index contributed by atoms with van der Waals surface area (Å²) in [6, 6.07) is 0. The van der Waals surface area contributed by atoms with Gasteiger partial charge in [-0.3, -0.25) is 4.79 Å². The van der Waals surface area contributed by atoms with E-state index in [2.05, 4.69) is 45.0 Å². The van der Waals surface area contributed by atoms with Crippen LogP contribution in [0.1, 0.15) is 47.5 Å². The molecule has 21 heavy (non-hydrogen) atoms. The molecule has 5 heteroatoms. The molecule has 0 aliphatic carbocycles. The molecular formula is C16H28ClN3O. The first kappa shape index (κ1) is 18.0. The Morgan fingerprint density at radius 1 is 1.29 bits per heavy atom. The van der Waals surface area contributed by atoms with E-state index in [-0.39, 0.29) is 10.6 Å². The van der Waals surface area contributed by atoms with Gasteiger partial charge in [0, 0.05) is 13.1 Å². The zero-order valence-electron chi connectivity index (χ0n) is 13.8. The van der Waals surface area contributed by atoms with Crippen LogP contribution in [0, 0.1) is 17.8 Å². The van der Waals surface area contributed by atoms with Gasteiger partial charge in [-0.15, -0.1) is 0 Å². The zero-order valence-corrected chi connectivity index (χ0v) is 14.6. The first-order chi connectivity index (χ1) is 9.88. The van der Waals surface area contributed by atoms with Gasteiger partial charge in [0.1, 0.15) is 5.02 Å². The maximum absolute atomic E-state index is 12.1. The van der Waals surface area contributed by atoms with Crippen LogP contribution >= 0.6 is 11.6 Å². The molecule has 1 rings (SSSR count). The minimum atomic E-state index is -0.208. The van der Waals surface area contributed by atoms with Gasteiger partial charge in [0.15, 0.2) is 0 Å². The van der Waals surface area contributed by atoms with Crippen molar-refractivity contribution in [1.29, 1.82) is 0 Å². The molecule has 0 radical (unpaired) electrons. The van der Waals surface area contributed by atoms with Crippen molar-refractivity contribution in [3.63, 3.8) is 0 Å². The average Bonchev–Trinajstić information content (AvgIpc) is 2.42. The van der Waals surface area contributed by atoms with E-state index in [1.54, 1.807) is 6.20 Å². The molecule has 1 heterocycles. The summed E-state index contributed by atoms with van der Waals surface area (Å²) in [4.78, 5) is 12.1. The number of aromatic nitrogens is 2. The van der Waals surface area contributed by atoms with E-state index in [1.165, 1.54) is 4.68 Å². The van der Waals surface area contributed by atoms with Crippen LogP contribution in [0.3, 0.4) is 0 Å². The van der Waals surface area contributed by atoms with Gasteiger partial charge in [-0.2, -0.15) is 5.10 Å². The van der Waals surface area contributed by atoms with Gasteiger partial charge in [0.2, 0.25) is 0 Å². The largest absolute Gasteiger partial charge is 0.382 e. The molecule has 0 fully saturated rings. The van der Waals surface area contributed by atoms with Crippen molar-refractivity contribution >= 4 is 17.3 Å². The Labute approximate surface area is 132 Å². The Balaban J connectivity index is 2.81. The molecule has 120 valence electrons. The summed E-state index contributed by atoms with van der Waals surface area (Å²) in [5, 5.41) is 7.74. The minimum Gasteiger partial charge on any atom is -0.382 e. The lowest BCUT2D eigenvalue weighted by molar-refractivity contribution is 0.304. The number of nitrogens with zero attached hydrogens (tertiary/aromatic N) is 2. The van der Waals surface area contributed by atoms with Crippen molar-refractivity contribution in [3.05, 3.63) is 21.6 Å². The minimum absolute atomic E-state index is 0.208. The van der Waals surface area contributed by atoms with Gasteiger partial charge in [0.25, 0.3) is 5.56 Å². The highest BCUT2D eigenvalue weighted by Crippen LogP contribution is 2.22. The molecule has 0 spiro atoms. The summed E-state index contributed by atoms with van der Waals surface area (Å²) in [6.07, 6.45) is 3.62. The van der Waals surface area contributed by atoms with Crippen LogP contribution < -0.4 is 10.9 Å². The Morgan fingerprint density at radius 2 is 1.90 bits per heavy atom. The topological polar surface area (TPSA) is 46.9 Å². The fourth-order valence-corrected chi connectivity index (χ4v) is 2.74. The van der Waals surface area contributed by atoms with Gasteiger partial charge in [-0.1, -0.05) is 52.6 Å². The molecule has 0 aromatic carbocycles. The number of unbranched alkanes of at least 4 members (excludes halogenated alkanes) is 1. The Morgan fingerprint density at radius 3 is 2.43 bits per heavy atom. The maximum atomic E-state index is 12.1. The Kier molecular flexibility index (Phi) is 7.23. The second-order valence-corrected chi connectivity index (χ2v) is 6.66. The number of hydrogen-bond acceptors (Lipinski definition) is 3. The third-order valence-electron chi connectivity index (χ3n) is 3.95. The smallest absolute Gasteiger partial charge is 0.287 e. The first-order valence-electron chi connectivity index (χ1n) is 7.87. The van der Waals surface area contributed by atoms with Gasteiger partial charge in [-0.05, 0) is 24.2 Å². The third-order valence-corrected chi connectivity index (χ3v) is 4.31. The summed E-state index contributed by atoms with van der Waals surface area (Å²) in [5.41, 5.74) is 0.432. The Hall–Kier alpha value is -1.03. The molecule has 4 nitrogen and oxygen atoms in total. The van der Waals surface area contributed by atoms with Crippen LogP contribution in [0.5, 0.6) is 0 Å². The average molecular weight is 314 g/mol. The molecule has 1 aromatic rings. The summed E-state index contributed by atoms with van der Waals surface area (Å²) in [7, 11) is 0. The molecule has 0 unspecified atom stereocenters. The fourth-order valence-electron chi connectivity index (χ4n) is 2.52. The molecule has 1 aromatic heterocycles. The van der Waals surface area contributed by atoms with E-state index in [4.69, 9.17) is 11.6 Å². The number of rotatable bonds is 8. The number of halogens is 1. The monoisotopic (exact) mass is 313 g/mol. The van der Waals surface area contributed by atoms with Gasteiger partial charge < -0.3 is 5.32 Å². The molecule has 0 aliphatic rings. The van der Waals surface area contributed by atoms with Crippen LogP contribution in [0.15, 0.2) is 11.0 Å². The quantitative estimate of drug-likeness (QED) is 0.788. The van der Waals surface area contributed by atoms with Crippen molar-refractivity contribution in [2.24, 2.45) is 17.8 Å². The van der Waals surface area contributed by atoms with Crippen LogP contribution in [0.25, 0.3) is 0 Å². The van der Waals surface area contributed by atoms with Crippen LogP contribution in [-0.4, -0.2) is 16.3 Å². The Bertz CT molecular complexity index is 489. The lowest BCUT2D eigenvalue weighted by Gasteiger charge is -2.25. The molecule has 0 saturated carbocycles. The third kappa shape index (κ3) is 5.03. The fraction of sp³-hybridized carbons (Fsp3) is 0.750. The van der Waals surface area contributed by atoms with Crippen molar-refractivity contribution in [2.45, 2.75) is 54.0 Å². The summed E-state index contributed by atoms with van der Waals surface area (Å²) in [6.45, 7) is 12.4. The lowest BCUT2D eigenvalue weighted by atomic mass is 9.85. The molecule has 1 N–H and O–H groups in total. The predicted molar refractivity (Wildman–Crippen MR) is 90.1 cm³/mol. The molecular weight excluding hydrogens is 286 g/mol. The predicted octanol–water partition coefficient (Wildman–Crippen LogP) is 4.04. The van der Waals surface area contributed by atoms with Gasteiger partial charge >= 0.3 is 0 Å². The zero-order chi connectivity index (χ0) is 16.0. The lowest BCUT2D eigenvalue weighted by Crippen LogP contribution is -2.27. The summed E-state index contributed by atoms with van der Waals surface area (Å²) in [5.74, 6) is 1.69. The molecule has 0 atom stereocenters. The van der Waals surface area contributed by atoms with Crippen molar-refractivity contribution in [1.82, 2.24) is 9.78 Å². The van der Waals surface area contributed by atoms with Gasteiger partial charge in [0.05, 0.1) is 11.9 Å². The van der Waals surface area contributed by atoms with E-state index < -0.39 is 0 Å². The molecule has 0 saturated heterocycles. The first-order valence-corrected chi connectivity index (χ1v) is 8.25. The number of aryl methyl sites for hydroxylation is 1. The highest BCUT2D eigenvalue weighted by Gasteiger charge is 2.18. The van der Waals surface area contributed by atoms with Gasteiger partial charge in [-0.25, -0.2) is 4.68 Å². The summed E-state index contributed by atoms with van der Waals surface area (Å²) >= 11 is 6.18. The number of anilines is 1. The highest BCUT2D eigenvalue weighted by atomic mass is 35.5. The molecule has 0 bridgehead atoms. The van der Waals surface area contributed by atoms with E-state index in [0.29, 0.717) is 30.0 Å². The number of hydrogen-bond donors (Lipinski definition) is 1. The van der Waals surface area contributed by atoms with Crippen LogP contribution in [0.2, 0.25) is 5.02 Å². The van der Waals surface area contributed by atoms with Crippen LogP contribution in [0.4, 0.5) is 5.69 Å². The molecule has 0 amide bonds. The number of nitrogens with one attached hydrogen (secondary N) is 1. The van der Waals surface area contributed by atoms with E-state index in [1.807, 2.05) is 0 Å². The van der Waals surface area contributed by atoms with Crippen LogP contribution in [-0.2, 0) is 6.54 Å². The van der Waals surface area contributed by atoms with Crippen molar-refractivity contribution < 1.29 is 0 Å². The van der Waals surface area contributed by atoms with E-state index in [9.17, 15) is 4.79 Å². The molecule has 0 aliphatic heterocycles. The van der Waals surface area contributed by atoms with E-state index in [0.717, 1.165) is 19.4 Å². The SMILES string of the molecule is CCCCn1ncc(NCC(C(C)C)C(C)C)c(Cl)c1=O. The van der Waals surface area contributed by atoms with E-state index >= 15 is 0 Å². The normalized spacial score (nSPS) is 11.7. The highest BCUT2D eigenvalue weighted by molar-refractivity contribution is 6.32. The second-order valence-electron chi connectivity index (χ2n) is 6.29. The van der Waals surface area contributed by atoms with Crippen molar-refractivity contribution in [2.75, 3.05) is 11.9 Å². The second kappa shape index (κ2) is 8.42. The van der Waals surface area contributed by atoms with Crippen molar-refractivity contribution in [3.8, 4) is 0 Å². The standard InChI is InChI=1S/C16H28ClN3O/c1-6-7-8-20-16(21)15(17)14(10-19-20)18-9-13(11(2)3)12(4)5/h10-13,18H,6-9H2,1-5H3.